The quantitative estimate of drug-likeness (QED) is 0.419. The van der Waals surface area contributed by atoms with Crippen molar-refractivity contribution in [2.24, 2.45) is 4.99 Å². The molecule has 0 aromatic rings. The number of ether oxygens (including phenoxy) is 1. The van der Waals surface area contributed by atoms with Gasteiger partial charge in [0.25, 0.3) is 0 Å². The van der Waals surface area contributed by atoms with Crippen LogP contribution in [0, 0.1) is 12.3 Å². The van der Waals surface area contributed by atoms with E-state index < -0.39 is 11.4 Å². The van der Waals surface area contributed by atoms with Crippen LogP contribution in [0.1, 0.15) is 20.8 Å². The maximum Gasteiger partial charge on any atom is 0.178 e. The normalized spacial score (nSPS) is 17.2. The molecular weight excluding hydrogens is 207 g/mol. The van der Waals surface area contributed by atoms with E-state index in [1.54, 1.807) is 18.7 Å². The van der Waals surface area contributed by atoms with Crippen molar-refractivity contribution in [2.45, 2.75) is 26.4 Å². The molecule has 0 heterocycles. The number of methoxy groups -OCH3 is 1. The van der Waals surface area contributed by atoms with E-state index >= 15 is 0 Å². The van der Waals surface area contributed by atoms with E-state index in [9.17, 15) is 4.39 Å². The first-order chi connectivity index (χ1) is 7.28. The summed E-state index contributed by atoms with van der Waals surface area (Å²) in [7, 11) is 5.04. The minimum atomic E-state index is -1.35. The van der Waals surface area contributed by atoms with Crippen LogP contribution in [0.25, 0.3) is 0 Å². The number of nitrogens with zero attached hydrogens (tertiary/aromatic N) is 2. The summed E-state index contributed by atoms with van der Waals surface area (Å²) in [6, 6.07) is 0. The van der Waals surface area contributed by atoms with Crippen LogP contribution in [0.5, 0.6) is 0 Å². The summed E-state index contributed by atoms with van der Waals surface area (Å²) in [6.45, 7) is 4.85. The van der Waals surface area contributed by atoms with E-state index in [-0.39, 0.29) is 5.70 Å². The number of hydrogen-bond donors (Lipinski definition) is 0. The zero-order chi connectivity index (χ0) is 12.9. The first-order valence-electron chi connectivity index (χ1n) is 4.91. The zero-order valence-electron chi connectivity index (χ0n) is 10.8. The summed E-state index contributed by atoms with van der Waals surface area (Å²) >= 11 is 0. The number of aliphatic imine (C=N–C) groups is 1. The zero-order valence-corrected chi connectivity index (χ0v) is 10.8. The van der Waals surface area contributed by atoms with Gasteiger partial charge < -0.3 is 9.64 Å². The third kappa shape index (κ3) is 3.35. The second-order valence-corrected chi connectivity index (χ2v) is 3.83. The van der Waals surface area contributed by atoms with Gasteiger partial charge in [-0.25, -0.2) is 9.38 Å². The topological polar surface area (TPSA) is 24.8 Å². The number of allylic oxidation sites excluding steroid dienone is 1. The lowest BCUT2D eigenvalue weighted by atomic mass is 10.1. The fourth-order valence-electron chi connectivity index (χ4n) is 0.949. The molecular formula is C12H19FN2O. The molecule has 1 atom stereocenters. The third-order valence-electron chi connectivity index (χ3n) is 2.40. The number of terminal acetylenes is 1. The Balaban J connectivity index is 5.29. The minimum absolute atomic E-state index is 0.230. The number of hydrogen-bond acceptors (Lipinski definition) is 2. The fraction of sp³-hybridized carbons (Fsp3) is 0.583. The Bertz CT molecular complexity index is 353. The van der Waals surface area contributed by atoms with Crippen LogP contribution in [-0.4, -0.2) is 37.5 Å². The van der Waals surface area contributed by atoms with Gasteiger partial charge in [-0.15, -0.1) is 6.42 Å². The van der Waals surface area contributed by atoms with Crippen LogP contribution in [0.3, 0.4) is 0 Å². The van der Waals surface area contributed by atoms with E-state index in [0.29, 0.717) is 5.84 Å². The first kappa shape index (κ1) is 14.7. The highest BCUT2D eigenvalue weighted by Gasteiger charge is 2.28. The molecule has 0 saturated carbocycles. The lowest BCUT2D eigenvalue weighted by molar-refractivity contribution is 0.0680. The highest BCUT2D eigenvalue weighted by molar-refractivity contribution is 5.80. The van der Waals surface area contributed by atoms with Crippen LogP contribution in [0.2, 0.25) is 0 Å². The largest absolute Gasteiger partial charge is 0.366 e. The summed E-state index contributed by atoms with van der Waals surface area (Å²) in [5.74, 6) is 2.43. The fourth-order valence-corrected chi connectivity index (χ4v) is 0.949. The van der Waals surface area contributed by atoms with Gasteiger partial charge in [0.2, 0.25) is 0 Å². The van der Waals surface area contributed by atoms with Crippen molar-refractivity contribution in [3.63, 3.8) is 0 Å². The summed E-state index contributed by atoms with van der Waals surface area (Å²) in [4.78, 5) is 5.90. The molecule has 1 unspecified atom stereocenters. The lowest BCUT2D eigenvalue weighted by Crippen LogP contribution is -2.27. The summed E-state index contributed by atoms with van der Waals surface area (Å²) < 4.78 is 18.9. The van der Waals surface area contributed by atoms with Crippen molar-refractivity contribution in [3.8, 4) is 12.3 Å². The average Bonchev–Trinajstić information content (AvgIpc) is 2.26. The van der Waals surface area contributed by atoms with Gasteiger partial charge in [-0.2, -0.15) is 0 Å². The number of halogens is 1. The van der Waals surface area contributed by atoms with Crippen molar-refractivity contribution >= 4 is 5.84 Å². The standard InChI is InChI=1S/C12H19FN2O/c1-8-12(4,16-7)11(13)9(2)14-10(3)15(5)6/h1H,2-7H3/b11-9+,14-10+. The molecule has 0 N–H and O–H groups in total. The molecule has 0 aliphatic rings. The van der Waals surface area contributed by atoms with E-state index in [0.717, 1.165) is 0 Å². The molecule has 0 bridgehead atoms. The monoisotopic (exact) mass is 226 g/mol. The average molecular weight is 226 g/mol. The molecule has 4 heteroatoms. The van der Waals surface area contributed by atoms with Crippen LogP contribution in [0.15, 0.2) is 16.5 Å². The van der Waals surface area contributed by atoms with Gasteiger partial charge in [-0.1, -0.05) is 5.92 Å². The molecule has 0 aromatic heterocycles. The molecule has 0 aromatic carbocycles. The van der Waals surface area contributed by atoms with Crippen LogP contribution < -0.4 is 0 Å². The maximum absolute atomic E-state index is 14.0. The Hall–Kier alpha value is -1.34. The smallest absolute Gasteiger partial charge is 0.178 e. The summed E-state index contributed by atoms with van der Waals surface area (Å²) in [5.41, 5.74) is -1.12. The summed E-state index contributed by atoms with van der Waals surface area (Å²) in [6.07, 6.45) is 5.24. The van der Waals surface area contributed by atoms with Gasteiger partial charge >= 0.3 is 0 Å². The van der Waals surface area contributed by atoms with E-state index in [1.807, 2.05) is 14.1 Å². The molecule has 0 saturated heterocycles. The molecule has 16 heavy (non-hydrogen) atoms. The Morgan fingerprint density at radius 1 is 1.44 bits per heavy atom. The van der Waals surface area contributed by atoms with Gasteiger partial charge in [-0.05, 0) is 20.8 Å². The van der Waals surface area contributed by atoms with E-state index in [1.165, 1.54) is 14.0 Å². The van der Waals surface area contributed by atoms with Gasteiger partial charge in [0, 0.05) is 21.2 Å². The maximum atomic E-state index is 14.0. The SMILES string of the molecule is C#CC(C)(OC)/C(F)=C(C)\N=C(/C)N(C)C. The van der Waals surface area contributed by atoms with Crippen LogP contribution in [0.4, 0.5) is 4.39 Å². The van der Waals surface area contributed by atoms with E-state index in [4.69, 9.17) is 11.2 Å². The molecule has 0 fully saturated rings. The van der Waals surface area contributed by atoms with E-state index in [2.05, 4.69) is 10.9 Å². The molecule has 3 nitrogen and oxygen atoms in total. The second-order valence-electron chi connectivity index (χ2n) is 3.83. The van der Waals surface area contributed by atoms with Crippen molar-refractivity contribution in [2.75, 3.05) is 21.2 Å². The Labute approximate surface area is 97.0 Å². The summed E-state index contributed by atoms with van der Waals surface area (Å²) in [5, 5.41) is 0. The number of rotatable bonds is 3. The predicted molar refractivity (Wildman–Crippen MR) is 64.9 cm³/mol. The molecule has 90 valence electrons. The van der Waals surface area contributed by atoms with Gasteiger partial charge in [0.05, 0.1) is 5.70 Å². The molecule has 0 radical (unpaired) electrons. The second kappa shape index (κ2) is 5.66. The molecule has 0 aliphatic heterocycles. The van der Waals surface area contributed by atoms with Crippen molar-refractivity contribution in [1.82, 2.24) is 4.90 Å². The van der Waals surface area contributed by atoms with Crippen molar-refractivity contribution < 1.29 is 9.13 Å². The van der Waals surface area contributed by atoms with Crippen molar-refractivity contribution in [1.29, 1.82) is 0 Å². The predicted octanol–water partition coefficient (Wildman–Crippen LogP) is 2.21. The third-order valence-corrected chi connectivity index (χ3v) is 2.40. The van der Waals surface area contributed by atoms with Crippen molar-refractivity contribution in [3.05, 3.63) is 11.5 Å². The highest BCUT2D eigenvalue weighted by atomic mass is 19.1. The lowest BCUT2D eigenvalue weighted by Gasteiger charge is -2.21. The first-order valence-corrected chi connectivity index (χ1v) is 4.91. The molecule has 0 rings (SSSR count). The van der Waals surface area contributed by atoms with Crippen LogP contribution >= 0.6 is 0 Å². The highest BCUT2D eigenvalue weighted by Crippen LogP contribution is 2.24. The van der Waals surface area contributed by atoms with Gasteiger partial charge in [0.15, 0.2) is 11.4 Å². The molecule has 0 spiro atoms. The molecule has 0 amide bonds. The van der Waals surface area contributed by atoms with Gasteiger partial charge in [0.1, 0.15) is 5.84 Å². The van der Waals surface area contributed by atoms with Crippen LogP contribution in [-0.2, 0) is 4.74 Å². The minimum Gasteiger partial charge on any atom is -0.366 e. The number of amidine groups is 1. The van der Waals surface area contributed by atoms with Gasteiger partial charge in [-0.3, -0.25) is 0 Å². The Morgan fingerprint density at radius 3 is 2.25 bits per heavy atom. The Kier molecular flexibility index (Phi) is 5.19. The Morgan fingerprint density at radius 2 is 1.94 bits per heavy atom. The molecule has 0 aliphatic carbocycles.